The highest BCUT2D eigenvalue weighted by Crippen LogP contribution is 2.40. The highest BCUT2D eigenvalue weighted by Gasteiger charge is 2.38. The molecular formula is C25H32N2O5. The fraction of sp³-hybridized carbons (Fsp3) is 0.440. The molecule has 0 spiro atoms. The second-order valence-electron chi connectivity index (χ2n) is 8.36. The lowest BCUT2D eigenvalue weighted by Gasteiger charge is -2.40. The SMILES string of the molecule is COc1ccccc1C(=O)NCC1(c2ccccc2)CCC(OC(=O)NC[C@@H](C)O)CC1. The zero-order valence-corrected chi connectivity index (χ0v) is 18.7. The van der Waals surface area contributed by atoms with E-state index in [0.717, 1.165) is 18.4 Å². The molecule has 32 heavy (non-hydrogen) atoms. The summed E-state index contributed by atoms with van der Waals surface area (Å²) in [7, 11) is 1.55. The summed E-state index contributed by atoms with van der Waals surface area (Å²) in [4.78, 5) is 24.9. The van der Waals surface area contributed by atoms with Crippen LogP contribution < -0.4 is 15.4 Å². The van der Waals surface area contributed by atoms with E-state index in [-0.39, 0.29) is 24.0 Å². The largest absolute Gasteiger partial charge is 0.496 e. The number of carbonyl (C=O) groups is 2. The van der Waals surface area contributed by atoms with Crippen LogP contribution in [0.3, 0.4) is 0 Å². The highest BCUT2D eigenvalue weighted by molar-refractivity contribution is 5.96. The Bertz CT molecular complexity index is 892. The molecule has 3 rings (SSSR count). The first-order chi connectivity index (χ1) is 15.4. The van der Waals surface area contributed by atoms with Crippen LogP contribution in [0.15, 0.2) is 54.6 Å². The molecule has 0 unspecified atom stereocenters. The van der Waals surface area contributed by atoms with Crippen molar-refractivity contribution in [2.75, 3.05) is 20.2 Å². The summed E-state index contributed by atoms with van der Waals surface area (Å²) >= 11 is 0. The van der Waals surface area contributed by atoms with Crippen molar-refractivity contribution in [1.29, 1.82) is 0 Å². The van der Waals surface area contributed by atoms with E-state index in [1.807, 2.05) is 30.3 Å². The maximum atomic E-state index is 12.9. The third-order valence-corrected chi connectivity index (χ3v) is 6.03. The third kappa shape index (κ3) is 6.01. The summed E-state index contributed by atoms with van der Waals surface area (Å²) in [5, 5.41) is 15.0. The number of hydrogen-bond donors (Lipinski definition) is 3. The zero-order chi connectivity index (χ0) is 23.0. The van der Waals surface area contributed by atoms with Crippen LogP contribution >= 0.6 is 0 Å². The van der Waals surface area contributed by atoms with E-state index >= 15 is 0 Å². The number of rotatable bonds is 8. The maximum absolute atomic E-state index is 12.9. The van der Waals surface area contributed by atoms with Gasteiger partial charge in [0.1, 0.15) is 11.9 Å². The molecular weight excluding hydrogens is 408 g/mol. The number of ether oxygens (including phenoxy) is 2. The summed E-state index contributed by atoms with van der Waals surface area (Å²) in [6.07, 6.45) is 1.63. The number of aliphatic hydroxyl groups excluding tert-OH is 1. The molecule has 0 aromatic heterocycles. The third-order valence-electron chi connectivity index (χ3n) is 6.03. The van der Waals surface area contributed by atoms with E-state index in [1.165, 1.54) is 0 Å². The Hall–Kier alpha value is -3.06. The molecule has 7 heteroatoms. The number of alkyl carbamates (subject to hydrolysis) is 1. The van der Waals surface area contributed by atoms with Crippen LogP contribution in [0.4, 0.5) is 4.79 Å². The molecule has 1 aliphatic rings. The molecule has 172 valence electrons. The number of benzene rings is 2. The van der Waals surface area contributed by atoms with Gasteiger partial charge in [-0.05, 0) is 50.3 Å². The summed E-state index contributed by atoms with van der Waals surface area (Å²) in [5.74, 6) is 0.368. The molecule has 1 atom stereocenters. The van der Waals surface area contributed by atoms with Crippen LogP contribution in [0, 0.1) is 0 Å². The summed E-state index contributed by atoms with van der Waals surface area (Å²) < 4.78 is 10.9. The van der Waals surface area contributed by atoms with Crippen molar-refractivity contribution < 1.29 is 24.2 Å². The number of aliphatic hydroxyl groups is 1. The fourth-order valence-corrected chi connectivity index (χ4v) is 4.22. The molecule has 0 radical (unpaired) electrons. The smallest absolute Gasteiger partial charge is 0.407 e. The van der Waals surface area contributed by atoms with Gasteiger partial charge >= 0.3 is 6.09 Å². The van der Waals surface area contributed by atoms with E-state index in [4.69, 9.17) is 9.47 Å². The molecule has 0 bridgehead atoms. The van der Waals surface area contributed by atoms with Crippen molar-refractivity contribution in [3.63, 3.8) is 0 Å². The molecule has 7 nitrogen and oxygen atoms in total. The number of nitrogens with one attached hydrogen (secondary N) is 2. The van der Waals surface area contributed by atoms with Gasteiger partial charge in [0.2, 0.25) is 0 Å². The van der Waals surface area contributed by atoms with Crippen molar-refractivity contribution in [2.24, 2.45) is 0 Å². The molecule has 0 aliphatic heterocycles. The lowest BCUT2D eigenvalue weighted by molar-refractivity contribution is 0.0540. The van der Waals surface area contributed by atoms with Gasteiger partial charge in [0.05, 0.1) is 18.8 Å². The predicted octanol–water partition coefficient (Wildman–Crippen LogP) is 3.41. The second kappa shape index (κ2) is 11.0. The molecule has 1 aliphatic carbocycles. The highest BCUT2D eigenvalue weighted by atomic mass is 16.6. The Morgan fingerprint density at radius 2 is 1.72 bits per heavy atom. The number of carbonyl (C=O) groups excluding carboxylic acids is 2. The van der Waals surface area contributed by atoms with Gasteiger partial charge < -0.3 is 25.2 Å². The summed E-state index contributed by atoms with van der Waals surface area (Å²) in [6, 6.07) is 17.3. The normalized spacial score (nSPS) is 21.3. The van der Waals surface area contributed by atoms with Crippen molar-refractivity contribution in [3.05, 3.63) is 65.7 Å². The Balaban J connectivity index is 1.67. The topological polar surface area (TPSA) is 96.9 Å². The average molecular weight is 441 g/mol. The molecule has 2 aromatic carbocycles. The van der Waals surface area contributed by atoms with Gasteiger partial charge in [0.25, 0.3) is 5.91 Å². The quantitative estimate of drug-likeness (QED) is 0.585. The number of amides is 2. The van der Waals surface area contributed by atoms with E-state index in [0.29, 0.717) is 30.7 Å². The van der Waals surface area contributed by atoms with Gasteiger partial charge in [-0.25, -0.2) is 4.79 Å². The molecule has 3 N–H and O–H groups in total. The summed E-state index contributed by atoms with van der Waals surface area (Å²) in [5.41, 5.74) is 1.43. The second-order valence-corrected chi connectivity index (χ2v) is 8.36. The maximum Gasteiger partial charge on any atom is 0.407 e. The van der Waals surface area contributed by atoms with E-state index in [1.54, 1.807) is 26.2 Å². The van der Waals surface area contributed by atoms with E-state index in [9.17, 15) is 14.7 Å². The number of para-hydroxylation sites is 1. The lowest BCUT2D eigenvalue weighted by Crippen LogP contribution is -2.45. The summed E-state index contributed by atoms with van der Waals surface area (Å²) in [6.45, 7) is 2.25. The van der Waals surface area contributed by atoms with Gasteiger partial charge in [0.15, 0.2) is 0 Å². The van der Waals surface area contributed by atoms with Crippen LogP contribution in [-0.2, 0) is 10.2 Å². The molecule has 0 saturated heterocycles. The van der Waals surface area contributed by atoms with Crippen LogP contribution in [-0.4, -0.2) is 49.5 Å². The average Bonchev–Trinajstić information content (AvgIpc) is 2.82. The molecule has 2 aromatic rings. The van der Waals surface area contributed by atoms with Gasteiger partial charge in [-0.2, -0.15) is 0 Å². The first kappa shape index (κ1) is 23.6. The fourth-order valence-electron chi connectivity index (χ4n) is 4.22. The van der Waals surface area contributed by atoms with Crippen LogP contribution in [0.2, 0.25) is 0 Å². The van der Waals surface area contributed by atoms with E-state index in [2.05, 4.69) is 22.8 Å². The van der Waals surface area contributed by atoms with Crippen LogP contribution in [0.1, 0.15) is 48.5 Å². The standard InChI is InChI=1S/C25H32N2O5/c1-18(28)16-26-24(30)32-20-12-14-25(15-13-20,19-8-4-3-5-9-19)17-27-23(29)21-10-6-7-11-22(21)31-2/h3-11,18,20,28H,12-17H2,1-2H3,(H,26,30)(H,27,29)/t18-,20?,25?/m1/s1. The van der Waals surface area contributed by atoms with E-state index < -0.39 is 12.2 Å². The molecule has 2 amide bonds. The minimum Gasteiger partial charge on any atom is -0.496 e. The first-order valence-corrected chi connectivity index (χ1v) is 11.0. The van der Waals surface area contributed by atoms with Gasteiger partial charge in [-0.15, -0.1) is 0 Å². The molecule has 1 saturated carbocycles. The Morgan fingerprint density at radius 3 is 2.38 bits per heavy atom. The first-order valence-electron chi connectivity index (χ1n) is 11.0. The Kier molecular flexibility index (Phi) is 8.11. The zero-order valence-electron chi connectivity index (χ0n) is 18.7. The van der Waals surface area contributed by atoms with Crippen LogP contribution in [0.25, 0.3) is 0 Å². The lowest BCUT2D eigenvalue weighted by atomic mass is 9.68. The molecule has 1 fully saturated rings. The molecule has 0 heterocycles. The predicted molar refractivity (Wildman–Crippen MR) is 122 cm³/mol. The van der Waals surface area contributed by atoms with Gasteiger partial charge in [0, 0.05) is 18.5 Å². The number of hydrogen-bond acceptors (Lipinski definition) is 5. The Morgan fingerprint density at radius 1 is 1.06 bits per heavy atom. The van der Waals surface area contributed by atoms with Crippen molar-refractivity contribution >= 4 is 12.0 Å². The van der Waals surface area contributed by atoms with Gasteiger partial charge in [-0.1, -0.05) is 42.5 Å². The van der Waals surface area contributed by atoms with Gasteiger partial charge in [-0.3, -0.25) is 4.79 Å². The van der Waals surface area contributed by atoms with Crippen LogP contribution in [0.5, 0.6) is 5.75 Å². The van der Waals surface area contributed by atoms with Crippen molar-refractivity contribution in [1.82, 2.24) is 10.6 Å². The van der Waals surface area contributed by atoms with Crippen molar-refractivity contribution in [2.45, 2.75) is 50.2 Å². The minimum atomic E-state index is -0.619. The van der Waals surface area contributed by atoms with Crippen molar-refractivity contribution in [3.8, 4) is 5.75 Å². The minimum absolute atomic E-state index is 0.161. The monoisotopic (exact) mass is 440 g/mol. The Labute approximate surface area is 189 Å². The number of methoxy groups -OCH3 is 1.